The Labute approximate surface area is 111 Å². The summed E-state index contributed by atoms with van der Waals surface area (Å²) in [5.74, 6) is 0. The molecule has 1 aliphatic heterocycles. The van der Waals surface area contributed by atoms with Gasteiger partial charge in [0, 0.05) is 22.7 Å². The van der Waals surface area contributed by atoms with Crippen molar-refractivity contribution in [2.75, 3.05) is 13.6 Å². The Morgan fingerprint density at radius 3 is 2.24 bits per heavy atom. The molecule has 0 bridgehead atoms. The summed E-state index contributed by atoms with van der Waals surface area (Å²) in [5.41, 5.74) is 1.34. The summed E-state index contributed by atoms with van der Waals surface area (Å²) in [7, 11) is 2.22. The normalized spacial score (nSPS) is 24.3. The number of benzene rings is 1. The molecule has 1 fully saturated rings. The minimum atomic E-state index is 0.743. The average molecular weight is 251 g/mol. The molecule has 0 aliphatic carbocycles. The Bertz CT molecular complexity index is 310. The van der Waals surface area contributed by atoms with Crippen LogP contribution in [0, 0.1) is 6.92 Å². The molecule has 0 amide bonds. The maximum Gasteiger partial charge on any atom is 0.0237 e. The zero-order chi connectivity index (χ0) is 12.8. The monoisotopic (exact) mass is 251 g/mol. The van der Waals surface area contributed by atoms with Gasteiger partial charge in [-0.1, -0.05) is 31.5 Å². The van der Waals surface area contributed by atoms with Crippen LogP contribution in [0.5, 0.6) is 0 Å². The summed E-state index contributed by atoms with van der Waals surface area (Å²) >= 11 is 2.03. The number of hydrogen-bond donors (Lipinski definition) is 0. The molecule has 1 aromatic rings. The molecule has 0 spiro atoms. The first-order chi connectivity index (χ1) is 8.15. The van der Waals surface area contributed by atoms with Crippen molar-refractivity contribution in [2.24, 2.45) is 0 Å². The molecule has 2 heteroatoms. The number of aryl methyl sites for hydroxylation is 1. The maximum absolute atomic E-state index is 2.45. The molecule has 1 heterocycles. The Balaban J connectivity index is 0.000000686. The molecule has 1 saturated heterocycles. The molecular formula is C15H25NS. The van der Waals surface area contributed by atoms with E-state index in [1.54, 1.807) is 0 Å². The molecule has 96 valence electrons. The second kappa shape index (κ2) is 7.07. The van der Waals surface area contributed by atoms with Crippen molar-refractivity contribution in [1.82, 2.24) is 4.90 Å². The van der Waals surface area contributed by atoms with Crippen LogP contribution in [-0.2, 0) is 0 Å². The van der Waals surface area contributed by atoms with Gasteiger partial charge in [-0.2, -0.15) is 0 Å². The molecule has 2 atom stereocenters. The highest BCUT2D eigenvalue weighted by Gasteiger charge is 2.26. The van der Waals surface area contributed by atoms with E-state index in [1.807, 2.05) is 25.6 Å². The van der Waals surface area contributed by atoms with Crippen molar-refractivity contribution in [3.05, 3.63) is 29.8 Å². The number of nitrogens with zero attached hydrogens (tertiary/aromatic N) is 1. The van der Waals surface area contributed by atoms with Gasteiger partial charge in [0.1, 0.15) is 0 Å². The van der Waals surface area contributed by atoms with E-state index >= 15 is 0 Å². The van der Waals surface area contributed by atoms with Crippen LogP contribution < -0.4 is 0 Å². The molecule has 0 N–H and O–H groups in total. The fourth-order valence-corrected chi connectivity index (χ4v) is 3.39. The van der Waals surface area contributed by atoms with Gasteiger partial charge in [0.2, 0.25) is 0 Å². The summed E-state index contributed by atoms with van der Waals surface area (Å²) in [5, 5.41) is 0.771. The van der Waals surface area contributed by atoms with Crippen molar-refractivity contribution in [1.29, 1.82) is 0 Å². The molecule has 0 aromatic heterocycles. The Morgan fingerprint density at radius 2 is 1.76 bits per heavy atom. The lowest BCUT2D eigenvalue weighted by Gasteiger charge is -2.12. The first-order valence-electron chi connectivity index (χ1n) is 6.58. The molecule has 1 aliphatic rings. The van der Waals surface area contributed by atoms with Gasteiger partial charge in [-0.15, -0.1) is 11.8 Å². The zero-order valence-corrected chi connectivity index (χ0v) is 12.6. The van der Waals surface area contributed by atoms with Gasteiger partial charge in [0.15, 0.2) is 0 Å². The SMILES string of the molecule is CC.Cc1ccc(S[C@@H]2C[C@@H](C)N(C)C2)cc1. The number of likely N-dealkylation sites (tertiary alicyclic amines) is 1. The summed E-state index contributed by atoms with van der Waals surface area (Å²) in [6.45, 7) is 9.68. The molecule has 0 unspecified atom stereocenters. The third-order valence-electron chi connectivity index (χ3n) is 3.17. The maximum atomic E-state index is 2.45. The first kappa shape index (κ1) is 14.6. The largest absolute Gasteiger partial charge is 0.303 e. The van der Waals surface area contributed by atoms with Crippen LogP contribution in [0.1, 0.15) is 32.8 Å². The van der Waals surface area contributed by atoms with Crippen LogP contribution >= 0.6 is 11.8 Å². The zero-order valence-electron chi connectivity index (χ0n) is 11.7. The van der Waals surface area contributed by atoms with E-state index in [9.17, 15) is 0 Å². The molecule has 0 saturated carbocycles. The fourth-order valence-electron chi connectivity index (χ4n) is 2.03. The van der Waals surface area contributed by atoms with Crippen LogP contribution in [0.15, 0.2) is 29.2 Å². The highest BCUT2D eigenvalue weighted by Crippen LogP contribution is 2.31. The summed E-state index contributed by atoms with van der Waals surface area (Å²) in [4.78, 5) is 3.86. The first-order valence-corrected chi connectivity index (χ1v) is 7.46. The third-order valence-corrected chi connectivity index (χ3v) is 4.39. The molecule has 2 rings (SSSR count). The molecular weight excluding hydrogens is 226 g/mol. The lowest BCUT2D eigenvalue weighted by atomic mass is 10.2. The van der Waals surface area contributed by atoms with E-state index in [0.29, 0.717) is 0 Å². The predicted molar refractivity (Wildman–Crippen MR) is 78.9 cm³/mol. The van der Waals surface area contributed by atoms with Gasteiger partial charge < -0.3 is 4.90 Å². The van der Waals surface area contributed by atoms with Gasteiger partial charge in [-0.05, 0) is 39.4 Å². The summed E-state index contributed by atoms with van der Waals surface area (Å²) in [6.07, 6.45) is 1.31. The Morgan fingerprint density at radius 1 is 1.18 bits per heavy atom. The van der Waals surface area contributed by atoms with Gasteiger partial charge in [0.05, 0.1) is 0 Å². The average Bonchev–Trinajstić information content (AvgIpc) is 2.64. The fraction of sp³-hybridized carbons (Fsp3) is 0.600. The molecule has 17 heavy (non-hydrogen) atoms. The molecule has 0 radical (unpaired) electrons. The van der Waals surface area contributed by atoms with Crippen molar-refractivity contribution in [3.8, 4) is 0 Å². The van der Waals surface area contributed by atoms with E-state index < -0.39 is 0 Å². The smallest absolute Gasteiger partial charge is 0.0237 e. The van der Waals surface area contributed by atoms with Crippen molar-refractivity contribution >= 4 is 11.8 Å². The van der Waals surface area contributed by atoms with Gasteiger partial charge in [0.25, 0.3) is 0 Å². The van der Waals surface area contributed by atoms with Gasteiger partial charge in [-0.25, -0.2) is 0 Å². The summed E-state index contributed by atoms with van der Waals surface area (Å²) < 4.78 is 0. The van der Waals surface area contributed by atoms with Gasteiger partial charge >= 0.3 is 0 Å². The van der Waals surface area contributed by atoms with E-state index in [0.717, 1.165) is 11.3 Å². The van der Waals surface area contributed by atoms with Gasteiger partial charge in [-0.3, -0.25) is 0 Å². The number of rotatable bonds is 2. The standard InChI is InChI=1S/C13H19NS.C2H6/c1-10-4-6-12(7-5-10)15-13-8-11(2)14(3)9-13;1-2/h4-7,11,13H,8-9H2,1-3H3;1-2H3/t11-,13-;/m1./s1. The van der Waals surface area contributed by atoms with E-state index in [1.165, 1.54) is 23.4 Å². The Hall–Kier alpha value is -0.470. The Kier molecular flexibility index (Phi) is 6.07. The van der Waals surface area contributed by atoms with Crippen LogP contribution in [0.4, 0.5) is 0 Å². The van der Waals surface area contributed by atoms with E-state index in [2.05, 4.69) is 50.1 Å². The number of hydrogen-bond acceptors (Lipinski definition) is 2. The predicted octanol–water partition coefficient (Wildman–Crippen LogP) is 4.21. The minimum absolute atomic E-state index is 0.743. The third kappa shape index (κ3) is 4.36. The van der Waals surface area contributed by atoms with Crippen LogP contribution in [0.25, 0.3) is 0 Å². The summed E-state index contributed by atoms with van der Waals surface area (Å²) in [6, 6.07) is 9.62. The molecule has 1 nitrogen and oxygen atoms in total. The van der Waals surface area contributed by atoms with E-state index in [4.69, 9.17) is 0 Å². The highest BCUT2D eigenvalue weighted by atomic mass is 32.2. The molecule has 1 aromatic carbocycles. The van der Waals surface area contributed by atoms with Crippen molar-refractivity contribution in [2.45, 2.75) is 50.3 Å². The van der Waals surface area contributed by atoms with Crippen LogP contribution in [-0.4, -0.2) is 29.8 Å². The van der Waals surface area contributed by atoms with Crippen LogP contribution in [0.3, 0.4) is 0 Å². The topological polar surface area (TPSA) is 3.24 Å². The van der Waals surface area contributed by atoms with Crippen molar-refractivity contribution in [3.63, 3.8) is 0 Å². The minimum Gasteiger partial charge on any atom is -0.303 e. The quantitative estimate of drug-likeness (QED) is 0.775. The second-order valence-electron chi connectivity index (χ2n) is 4.58. The van der Waals surface area contributed by atoms with E-state index in [-0.39, 0.29) is 0 Å². The highest BCUT2D eigenvalue weighted by molar-refractivity contribution is 8.00. The van der Waals surface area contributed by atoms with Crippen molar-refractivity contribution < 1.29 is 0 Å². The second-order valence-corrected chi connectivity index (χ2v) is 5.95. The lowest BCUT2D eigenvalue weighted by molar-refractivity contribution is 0.331. The lowest BCUT2D eigenvalue weighted by Crippen LogP contribution is -2.21. The number of thioether (sulfide) groups is 1. The van der Waals surface area contributed by atoms with Crippen LogP contribution in [0.2, 0.25) is 0 Å².